The van der Waals surface area contributed by atoms with Crippen LogP contribution in [0.5, 0.6) is 0 Å². The van der Waals surface area contributed by atoms with Crippen LogP contribution in [0.2, 0.25) is 0 Å². The van der Waals surface area contributed by atoms with Crippen molar-refractivity contribution < 1.29 is 14.3 Å². The fourth-order valence-electron chi connectivity index (χ4n) is 2.75. The van der Waals surface area contributed by atoms with Gasteiger partial charge in [-0.1, -0.05) is 30.3 Å². The van der Waals surface area contributed by atoms with E-state index in [-0.39, 0.29) is 12.0 Å². The third-order valence-corrected chi connectivity index (χ3v) is 3.84. The summed E-state index contributed by atoms with van der Waals surface area (Å²) in [5, 5.41) is 0. The average molecular weight is 288 g/mol. The maximum Gasteiger partial charge on any atom is 0.410 e. The summed E-state index contributed by atoms with van der Waals surface area (Å²) in [6.07, 6.45) is 1.75. The number of piperidine rings is 1. The Balaban J connectivity index is 1.52. The van der Waals surface area contributed by atoms with E-state index in [0.29, 0.717) is 19.8 Å². The van der Waals surface area contributed by atoms with Crippen LogP contribution in [-0.4, -0.2) is 43.1 Å². The Hall–Kier alpha value is -2.04. The highest BCUT2D eigenvalue weighted by molar-refractivity contribution is 5.81. The third-order valence-electron chi connectivity index (χ3n) is 3.84. The number of benzene rings is 1. The first-order valence-electron chi connectivity index (χ1n) is 7.46. The normalized spacial score (nSPS) is 21.6. The summed E-state index contributed by atoms with van der Waals surface area (Å²) < 4.78 is 10.9. The van der Waals surface area contributed by atoms with Crippen LogP contribution in [0.15, 0.2) is 35.3 Å². The van der Waals surface area contributed by atoms with E-state index in [1.807, 2.05) is 30.3 Å². The highest BCUT2D eigenvalue weighted by atomic mass is 16.6. The summed E-state index contributed by atoms with van der Waals surface area (Å²) >= 11 is 0. The van der Waals surface area contributed by atoms with Gasteiger partial charge in [-0.05, 0) is 18.4 Å². The first-order chi connectivity index (χ1) is 10.3. The van der Waals surface area contributed by atoms with Gasteiger partial charge in [-0.3, -0.25) is 4.99 Å². The Morgan fingerprint density at radius 3 is 3.00 bits per heavy atom. The van der Waals surface area contributed by atoms with E-state index in [4.69, 9.17) is 9.47 Å². The average Bonchev–Trinajstić information content (AvgIpc) is 3.08. The minimum absolute atomic E-state index is 0.227. The number of likely N-dealkylation sites (tertiary alicyclic amines) is 1. The van der Waals surface area contributed by atoms with Crippen molar-refractivity contribution >= 4 is 12.0 Å². The zero-order valence-corrected chi connectivity index (χ0v) is 12.0. The van der Waals surface area contributed by atoms with Crippen LogP contribution in [-0.2, 0) is 16.1 Å². The van der Waals surface area contributed by atoms with E-state index in [0.717, 1.165) is 37.4 Å². The van der Waals surface area contributed by atoms with Gasteiger partial charge in [-0.15, -0.1) is 0 Å². The number of carbonyl (C=O) groups is 1. The Kier molecular flexibility index (Phi) is 4.38. The van der Waals surface area contributed by atoms with Gasteiger partial charge in [0.25, 0.3) is 0 Å². The molecule has 2 aliphatic rings. The lowest BCUT2D eigenvalue weighted by atomic mass is 9.98. The summed E-state index contributed by atoms with van der Waals surface area (Å²) in [6, 6.07) is 9.73. The molecule has 0 bridgehead atoms. The van der Waals surface area contributed by atoms with E-state index < -0.39 is 0 Å². The number of carbonyl (C=O) groups excluding carboxylic acids is 1. The molecule has 112 valence electrons. The topological polar surface area (TPSA) is 51.1 Å². The molecule has 0 aromatic heterocycles. The van der Waals surface area contributed by atoms with E-state index in [9.17, 15) is 4.79 Å². The summed E-state index contributed by atoms with van der Waals surface area (Å²) in [7, 11) is 0. The van der Waals surface area contributed by atoms with Crippen molar-refractivity contribution in [2.75, 3.05) is 26.2 Å². The molecule has 1 saturated heterocycles. The van der Waals surface area contributed by atoms with Gasteiger partial charge >= 0.3 is 6.09 Å². The van der Waals surface area contributed by atoms with Crippen molar-refractivity contribution in [2.45, 2.75) is 19.4 Å². The molecule has 1 aromatic rings. The maximum absolute atomic E-state index is 12.2. The molecule has 0 saturated carbocycles. The van der Waals surface area contributed by atoms with Gasteiger partial charge in [-0.2, -0.15) is 0 Å². The van der Waals surface area contributed by atoms with E-state index in [1.165, 1.54) is 0 Å². The lowest BCUT2D eigenvalue weighted by molar-refractivity contribution is 0.0832. The molecule has 1 aromatic carbocycles. The molecule has 5 nitrogen and oxygen atoms in total. The fourth-order valence-corrected chi connectivity index (χ4v) is 2.75. The van der Waals surface area contributed by atoms with Crippen LogP contribution in [0.25, 0.3) is 0 Å². The molecule has 0 radical (unpaired) electrons. The number of hydrogen-bond donors (Lipinski definition) is 0. The first kappa shape index (κ1) is 13.9. The molecule has 0 spiro atoms. The zero-order valence-electron chi connectivity index (χ0n) is 12.0. The van der Waals surface area contributed by atoms with Gasteiger partial charge in [0.2, 0.25) is 0 Å². The highest BCUT2D eigenvalue weighted by Crippen LogP contribution is 2.21. The number of ether oxygens (including phenoxy) is 2. The molecule has 1 amide bonds. The predicted molar refractivity (Wildman–Crippen MR) is 79.2 cm³/mol. The van der Waals surface area contributed by atoms with Gasteiger partial charge in [0, 0.05) is 13.1 Å². The molecule has 0 aliphatic carbocycles. The molecule has 3 rings (SSSR count). The minimum atomic E-state index is -0.248. The summed E-state index contributed by atoms with van der Waals surface area (Å²) in [5.41, 5.74) is 1.00. The maximum atomic E-state index is 12.2. The van der Waals surface area contributed by atoms with Crippen molar-refractivity contribution in [3.63, 3.8) is 0 Å². The smallest absolute Gasteiger partial charge is 0.410 e. The van der Waals surface area contributed by atoms with E-state index in [1.54, 1.807) is 4.90 Å². The third kappa shape index (κ3) is 3.54. The SMILES string of the molecule is O=C(OCc1ccccc1)N1CCC[C@@H](C2=NCCO2)C1. The van der Waals surface area contributed by atoms with Crippen molar-refractivity contribution in [2.24, 2.45) is 10.9 Å². The largest absolute Gasteiger partial charge is 0.479 e. The molecular weight excluding hydrogens is 268 g/mol. The number of amides is 1. The summed E-state index contributed by atoms with van der Waals surface area (Å²) in [4.78, 5) is 18.3. The molecule has 0 N–H and O–H groups in total. The quantitative estimate of drug-likeness (QED) is 0.858. The van der Waals surface area contributed by atoms with Gasteiger partial charge in [0.05, 0.1) is 12.5 Å². The van der Waals surface area contributed by atoms with Crippen molar-refractivity contribution in [3.05, 3.63) is 35.9 Å². The number of hydrogen-bond acceptors (Lipinski definition) is 4. The minimum Gasteiger partial charge on any atom is -0.479 e. The van der Waals surface area contributed by atoms with Crippen LogP contribution in [0.3, 0.4) is 0 Å². The van der Waals surface area contributed by atoms with Crippen molar-refractivity contribution in [1.82, 2.24) is 4.90 Å². The van der Waals surface area contributed by atoms with Gasteiger partial charge in [0.1, 0.15) is 13.2 Å². The molecular formula is C16H20N2O3. The Labute approximate surface area is 124 Å². The van der Waals surface area contributed by atoms with Crippen LogP contribution >= 0.6 is 0 Å². The second-order valence-corrected chi connectivity index (χ2v) is 5.39. The molecule has 0 unspecified atom stereocenters. The number of aliphatic imine (C=N–C) groups is 1. The second kappa shape index (κ2) is 6.61. The van der Waals surface area contributed by atoms with Crippen molar-refractivity contribution in [3.8, 4) is 0 Å². The van der Waals surface area contributed by atoms with Gasteiger partial charge < -0.3 is 14.4 Å². The lowest BCUT2D eigenvalue weighted by Crippen LogP contribution is -2.42. The number of rotatable bonds is 3. The molecule has 21 heavy (non-hydrogen) atoms. The van der Waals surface area contributed by atoms with Gasteiger partial charge in [0.15, 0.2) is 5.90 Å². The molecule has 1 fully saturated rings. The predicted octanol–water partition coefficient (Wildman–Crippen LogP) is 2.46. The molecule has 2 aliphatic heterocycles. The Bertz CT molecular complexity index is 516. The molecule has 2 heterocycles. The summed E-state index contributed by atoms with van der Waals surface area (Å²) in [6.45, 7) is 3.12. The standard InChI is InChI=1S/C16H20N2O3/c19-16(21-12-13-5-2-1-3-6-13)18-9-4-7-14(11-18)15-17-8-10-20-15/h1-3,5-6,14H,4,7-12H2/t14-/m1/s1. The Morgan fingerprint density at radius 2 is 2.24 bits per heavy atom. The summed E-state index contributed by atoms with van der Waals surface area (Å²) in [5.74, 6) is 1.04. The van der Waals surface area contributed by atoms with Crippen molar-refractivity contribution in [1.29, 1.82) is 0 Å². The highest BCUT2D eigenvalue weighted by Gasteiger charge is 2.30. The monoisotopic (exact) mass is 288 g/mol. The van der Waals surface area contributed by atoms with Gasteiger partial charge in [-0.25, -0.2) is 4.79 Å². The van der Waals surface area contributed by atoms with Crippen LogP contribution in [0.4, 0.5) is 4.79 Å². The van der Waals surface area contributed by atoms with Crippen LogP contribution in [0, 0.1) is 5.92 Å². The van der Waals surface area contributed by atoms with E-state index >= 15 is 0 Å². The lowest BCUT2D eigenvalue weighted by Gasteiger charge is -2.31. The van der Waals surface area contributed by atoms with Crippen LogP contribution in [0.1, 0.15) is 18.4 Å². The van der Waals surface area contributed by atoms with E-state index in [2.05, 4.69) is 4.99 Å². The second-order valence-electron chi connectivity index (χ2n) is 5.39. The zero-order chi connectivity index (χ0) is 14.5. The fraction of sp³-hybridized carbons (Fsp3) is 0.500. The van der Waals surface area contributed by atoms with Crippen LogP contribution < -0.4 is 0 Å². The number of nitrogens with zero attached hydrogens (tertiary/aromatic N) is 2. The first-order valence-corrected chi connectivity index (χ1v) is 7.46. The Morgan fingerprint density at radius 1 is 1.38 bits per heavy atom. The molecule has 5 heteroatoms. The molecule has 1 atom stereocenters.